The zero-order valence-corrected chi connectivity index (χ0v) is 12.7. The second kappa shape index (κ2) is 7.72. The van der Waals surface area contributed by atoms with Crippen LogP contribution in [0.5, 0.6) is 0 Å². The number of nitrogens with zero attached hydrogens (tertiary/aromatic N) is 1. The van der Waals surface area contributed by atoms with Gasteiger partial charge in [-0.05, 0) is 31.9 Å². The highest BCUT2D eigenvalue weighted by Crippen LogP contribution is 2.14. The first kappa shape index (κ1) is 16.3. The fraction of sp³-hybridized carbons (Fsp3) is 0.471. The second-order valence-electron chi connectivity index (χ2n) is 5.45. The lowest BCUT2D eigenvalue weighted by Gasteiger charge is -2.29. The molecule has 0 fully saturated rings. The number of aliphatic hydroxyl groups is 1. The summed E-state index contributed by atoms with van der Waals surface area (Å²) in [4.78, 5) is 14.6. The van der Waals surface area contributed by atoms with Crippen LogP contribution in [0.1, 0.15) is 43.6 Å². The molecule has 108 valence electrons. The SMILES string of the molecule is CC(C)CN(C(=O)c1ccccc1C#CCO)C(C)C. The number of carbonyl (C=O) groups excluding carboxylic acids is 1. The predicted octanol–water partition coefficient (Wildman–Crippen LogP) is 2.54. The first-order valence-corrected chi connectivity index (χ1v) is 6.97. The third kappa shape index (κ3) is 4.40. The first-order valence-electron chi connectivity index (χ1n) is 6.97. The van der Waals surface area contributed by atoms with Crippen LogP contribution in [0.3, 0.4) is 0 Å². The number of amides is 1. The molecular weight excluding hydrogens is 250 g/mol. The maximum Gasteiger partial charge on any atom is 0.255 e. The Balaban J connectivity index is 3.11. The summed E-state index contributed by atoms with van der Waals surface area (Å²) < 4.78 is 0. The number of hydrogen-bond acceptors (Lipinski definition) is 2. The topological polar surface area (TPSA) is 40.5 Å². The molecule has 1 amide bonds. The van der Waals surface area contributed by atoms with Crippen LogP contribution in [-0.2, 0) is 0 Å². The third-order valence-corrected chi connectivity index (χ3v) is 2.91. The lowest BCUT2D eigenvalue weighted by atomic mass is 10.0. The van der Waals surface area contributed by atoms with E-state index in [4.69, 9.17) is 5.11 Å². The van der Waals surface area contributed by atoms with E-state index in [0.717, 1.165) is 6.54 Å². The Morgan fingerprint density at radius 3 is 2.45 bits per heavy atom. The predicted molar refractivity (Wildman–Crippen MR) is 81.4 cm³/mol. The van der Waals surface area contributed by atoms with Crippen molar-refractivity contribution in [2.45, 2.75) is 33.7 Å². The lowest BCUT2D eigenvalue weighted by molar-refractivity contribution is 0.0681. The minimum absolute atomic E-state index is 0.00320. The average molecular weight is 273 g/mol. The molecule has 0 bridgehead atoms. The van der Waals surface area contributed by atoms with E-state index in [0.29, 0.717) is 17.0 Å². The van der Waals surface area contributed by atoms with E-state index >= 15 is 0 Å². The van der Waals surface area contributed by atoms with Crippen LogP contribution in [0, 0.1) is 17.8 Å². The number of rotatable bonds is 4. The summed E-state index contributed by atoms with van der Waals surface area (Å²) >= 11 is 0. The van der Waals surface area contributed by atoms with Crippen LogP contribution in [0.15, 0.2) is 24.3 Å². The number of carbonyl (C=O) groups is 1. The second-order valence-corrected chi connectivity index (χ2v) is 5.45. The molecule has 1 aromatic rings. The van der Waals surface area contributed by atoms with Gasteiger partial charge in [0.2, 0.25) is 0 Å². The Labute approximate surface area is 121 Å². The molecule has 20 heavy (non-hydrogen) atoms. The summed E-state index contributed by atoms with van der Waals surface area (Å²) in [6, 6.07) is 7.43. The molecule has 0 aliphatic rings. The van der Waals surface area contributed by atoms with Crippen LogP contribution in [0.4, 0.5) is 0 Å². The molecule has 0 aromatic heterocycles. The van der Waals surface area contributed by atoms with Gasteiger partial charge in [-0.3, -0.25) is 4.79 Å². The van der Waals surface area contributed by atoms with Crippen molar-refractivity contribution in [1.29, 1.82) is 0 Å². The van der Waals surface area contributed by atoms with Crippen molar-refractivity contribution in [3.63, 3.8) is 0 Å². The maximum absolute atomic E-state index is 12.7. The molecule has 0 radical (unpaired) electrons. The van der Waals surface area contributed by atoms with E-state index in [1.807, 2.05) is 36.9 Å². The van der Waals surface area contributed by atoms with Gasteiger partial charge in [-0.15, -0.1) is 0 Å². The van der Waals surface area contributed by atoms with E-state index < -0.39 is 0 Å². The van der Waals surface area contributed by atoms with Crippen LogP contribution >= 0.6 is 0 Å². The molecule has 3 heteroatoms. The quantitative estimate of drug-likeness (QED) is 0.856. The van der Waals surface area contributed by atoms with Crippen LogP contribution in [0.2, 0.25) is 0 Å². The standard InChI is InChI=1S/C17H23NO2/c1-13(2)12-18(14(3)4)17(20)16-10-6-5-8-15(16)9-7-11-19/h5-6,8,10,13-14,19H,11-12H2,1-4H3. The minimum Gasteiger partial charge on any atom is -0.384 e. The Hall–Kier alpha value is -1.79. The molecule has 0 spiro atoms. The molecule has 1 N–H and O–H groups in total. The number of hydrogen-bond donors (Lipinski definition) is 1. The normalized spacial score (nSPS) is 10.3. The van der Waals surface area contributed by atoms with Gasteiger partial charge in [-0.25, -0.2) is 0 Å². The highest BCUT2D eigenvalue weighted by atomic mass is 16.2. The smallest absolute Gasteiger partial charge is 0.255 e. The summed E-state index contributed by atoms with van der Waals surface area (Å²) in [6.07, 6.45) is 0. The fourth-order valence-electron chi connectivity index (χ4n) is 1.99. The molecule has 0 atom stereocenters. The van der Waals surface area contributed by atoms with Gasteiger partial charge in [0.1, 0.15) is 6.61 Å². The molecular formula is C17H23NO2. The molecule has 3 nitrogen and oxygen atoms in total. The van der Waals surface area contributed by atoms with Crippen molar-refractivity contribution >= 4 is 5.91 Å². The number of aliphatic hydroxyl groups excluding tert-OH is 1. The van der Waals surface area contributed by atoms with Crippen LogP contribution < -0.4 is 0 Å². The zero-order valence-electron chi connectivity index (χ0n) is 12.7. The van der Waals surface area contributed by atoms with Gasteiger partial charge in [0.25, 0.3) is 5.91 Å². The Morgan fingerprint density at radius 1 is 1.25 bits per heavy atom. The van der Waals surface area contributed by atoms with Gasteiger partial charge in [-0.1, -0.05) is 37.8 Å². The van der Waals surface area contributed by atoms with E-state index in [1.54, 1.807) is 6.07 Å². The molecule has 1 aromatic carbocycles. The third-order valence-electron chi connectivity index (χ3n) is 2.91. The van der Waals surface area contributed by atoms with Crippen molar-refractivity contribution in [2.24, 2.45) is 5.92 Å². The number of benzene rings is 1. The highest BCUT2D eigenvalue weighted by Gasteiger charge is 2.21. The minimum atomic E-state index is -0.206. The summed E-state index contributed by atoms with van der Waals surface area (Å²) in [5.41, 5.74) is 1.27. The van der Waals surface area contributed by atoms with Crippen molar-refractivity contribution in [3.8, 4) is 11.8 Å². The van der Waals surface area contributed by atoms with Crippen LogP contribution in [-0.4, -0.2) is 35.1 Å². The molecule has 0 unspecified atom stereocenters. The summed E-state index contributed by atoms with van der Waals surface area (Å²) in [5.74, 6) is 5.86. The van der Waals surface area contributed by atoms with Gasteiger partial charge in [0.15, 0.2) is 0 Å². The largest absolute Gasteiger partial charge is 0.384 e. The molecule has 0 saturated heterocycles. The van der Waals surface area contributed by atoms with Gasteiger partial charge < -0.3 is 10.0 Å². The molecule has 0 heterocycles. The summed E-state index contributed by atoms with van der Waals surface area (Å²) in [5, 5.41) is 8.80. The summed E-state index contributed by atoms with van der Waals surface area (Å²) in [7, 11) is 0. The van der Waals surface area contributed by atoms with Gasteiger partial charge in [-0.2, -0.15) is 0 Å². The van der Waals surface area contributed by atoms with Crippen LogP contribution in [0.25, 0.3) is 0 Å². The van der Waals surface area contributed by atoms with E-state index in [1.165, 1.54) is 0 Å². The lowest BCUT2D eigenvalue weighted by Crippen LogP contribution is -2.39. The fourth-order valence-corrected chi connectivity index (χ4v) is 1.99. The molecule has 0 aliphatic heterocycles. The van der Waals surface area contributed by atoms with Gasteiger partial charge >= 0.3 is 0 Å². The van der Waals surface area contributed by atoms with Crippen molar-refractivity contribution in [2.75, 3.05) is 13.2 Å². The Morgan fingerprint density at radius 2 is 1.90 bits per heavy atom. The van der Waals surface area contributed by atoms with E-state index in [9.17, 15) is 4.79 Å². The Bertz CT molecular complexity index is 509. The van der Waals surface area contributed by atoms with Gasteiger partial charge in [0.05, 0.1) is 5.56 Å². The maximum atomic E-state index is 12.7. The molecule has 0 saturated carbocycles. The monoisotopic (exact) mass is 273 g/mol. The molecule has 1 rings (SSSR count). The Kier molecular flexibility index (Phi) is 6.27. The van der Waals surface area contributed by atoms with Crippen molar-refractivity contribution in [3.05, 3.63) is 35.4 Å². The van der Waals surface area contributed by atoms with Crippen molar-refractivity contribution < 1.29 is 9.90 Å². The first-order chi connectivity index (χ1) is 9.47. The average Bonchev–Trinajstić information content (AvgIpc) is 2.41. The van der Waals surface area contributed by atoms with E-state index in [-0.39, 0.29) is 18.6 Å². The van der Waals surface area contributed by atoms with Gasteiger partial charge in [0, 0.05) is 18.2 Å². The highest BCUT2D eigenvalue weighted by molar-refractivity contribution is 5.97. The molecule has 0 aliphatic carbocycles. The van der Waals surface area contributed by atoms with E-state index in [2.05, 4.69) is 25.7 Å². The summed E-state index contributed by atoms with van der Waals surface area (Å²) in [6.45, 7) is 8.74. The zero-order chi connectivity index (χ0) is 15.1. The van der Waals surface area contributed by atoms with Crippen molar-refractivity contribution in [1.82, 2.24) is 4.90 Å².